The lowest BCUT2D eigenvalue weighted by molar-refractivity contribution is -0.459. The summed E-state index contributed by atoms with van der Waals surface area (Å²) in [6, 6.07) is 30.1. The van der Waals surface area contributed by atoms with E-state index in [1.807, 2.05) is 105 Å². The molecule has 10 N–H and O–H groups in total. The van der Waals surface area contributed by atoms with E-state index in [1.54, 1.807) is 0 Å². The number of halogens is 2. The van der Waals surface area contributed by atoms with E-state index in [2.05, 4.69) is 46.9 Å². The number of benzene rings is 5. The summed E-state index contributed by atoms with van der Waals surface area (Å²) < 4.78 is 18.5. The normalized spacial score (nSPS) is 11.9. The zero-order valence-corrected chi connectivity index (χ0v) is 44.1. The lowest BCUT2D eigenvalue weighted by Crippen LogP contribution is -3.00. The Kier molecular flexibility index (Phi) is 34.0. The lowest BCUT2D eigenvalue weighted by Gasteiger charge is -2.27. The van der Waals surface area contributed by atoms with Crippen molar-refractivity contribution in [3.63, 3.8) is 0 Å². The molecule has 5 aromatic rings. The third-order valence-corrected chi connectivity index (χ3v) is 11.6. The maximum absolute atomic E-state index is 14.2. The van der Waals surface area contributed by atoms with Crippen molar-refractivity contribution < 1.29 is 50.8 Å². The Morgan fingerprint density at radius 1 is 0.653 bits per heavy atom. The van der Waals surface area contributed by atoms with E-state index in [1.165, 1.54) is 0 Å². The molecule has 0 radical (unpaired) electrons. The summed E-state index contributed by atoms with van der Waals surface area (Å²) in [4.78, 5) is 58.5. The second kappa shape index (κ2) is 35.7. The molecule has 0 aliphatic heterocycles. The first-order valence-electron chi connectivity index (χ1n) is 23.1. The van der Waals surface area contributed by atoms with Crippen LogP contribution in [0, 0.1) is 11.8 Å². The zero-order chi connectivity index (χ0) is 47.4. The molecule has 0 heterocycles. The second-order valence-corrected chi connectivity index (χ2v) is 17.1. The lowest BCUT2D eigenvalue weighted by atomic mass is 9.92. The molecule has 400 valence electrons. The predicted octanol–water partition coefficient (Wildman–Crippen LogP) is 3.89. The number of fused-ring (bicyclic) bond motifs is 2. The van der Waals surface area contributed by atoms with Crippen LogP contribution in [0.1, 0.15) is 93.1 Å². The van der Waals surface area contributed by atoms with Crippen LogP contribution in [-0.4, -0.2) is 74.1 Å². The molecular weight excluding hydrogens is 994 g/mol. The average molecular weight is 1080 g/mol. The summed E-state index contributed by atoms with van der Waals surface area (Å²) in [6.07, 6.45) is 3.38. The van der Waals surface area contributed by atoms with Crippen molar-refractivity contribution in [2.75, 3.05) is 26.3 Å². The Balaban J connectivity index is 0. The Morgan fingerprint density at radius 2 is 1.18 bits per heavy atom. The van der Waals surface area contributed by atoms with Crippen LogP contribution in [0.2, 0.25) is 0 Å². The van der Waals surface area contributed by atoms with Crippen molar-refractivity contribution in [2.45, 2.75) is 112 Å². The maximum Gasteiger partial charge on any atom is 0.338 e. The highest BCUT2D eigenvalue weighted by Gasteiger charge is 2.32. The molecule has 1 unspecified atom stereocenters. The molecular formula is C54H81Cl2N7O7S2. The topological polar surface area (TPSA) is 224 Å². The largest absolute Gasteiger partial charge is 1.00 e. The number of rotatable bonds is 26. The summed E-state index contributed by atoms with van der Waals surface area (Å²) in [5.41, 5.74) is 19.5. The van der Waals surface area contributed by atoms with Crippen molar-refractivity contribution in [1.82, 2.24) is 16.0 Å². The van der Waals surface area contributed by atoms with Gasteiger partial charge in [-0.3, -0.25) is 30.8 Å². The number of carbonyl (C=O) groups is 4. The fourth-order valence-corrected chi connectivity index (χ4v) is 7.63. The van der Waals surface area contributed by atoms with Crippen LogP contribution >= 0.6 is 39.4 Å². The van der Waals surface area contributed by atoms with Crippen molar-refractivity contribution in [2.24, 2.45) is 29.0 Å². The number of carbonyl (C=O) groups excluding carboxylic acids is 4. The molecule has 0 bridgehead atoms. The number of unbranched alkanes of at least 4 members (excludes halogenated alkanes) is 1. The number of nitrogens with one attached hydrogen (secondary N) is 4. The smallest absolute Gasteiger partial charge is 0.338 e. The molecule has 5 rings (SSSR count). The highest BCUT2D eigenvalue weighted by atomic mass is 35.5. The van der Waals surface area contributed by atoms with Crippen molar-refractivity contribution in [3.05, 3.63) is 109 Å². The zero-order valence-electron chi connectivity index (χ0n) is 40.6. The molecule has 4 atom stereocenters. The minimum Gasteiger partial charge on any atom is -1.00 e. The van der Waals surface area contributed by atoms with Crippen molar-refractivity contribution in [1.29, 1.82) is 0 Å². The number of hydrogen-bond acceptors (Lipinski definition) is 8. The van der Waals surface area contributed by atoms with Crippen LogP contribution < -0.4 is 60.0 Å². The molecule has 0 fully saturated rings. The van der Waals surface area contributed by atoms with Crippen molar-refractivity contribution >= 4 is 90.6 Å². The second-order valence-electron chi connectivity index (χ2n) is 17.1. The van der Waals surface area contributed by atoms with E-state index in [0.717, 1.165) is 44.7 Å². The van der Waals surface area contributed by atoms with Gasteiger partial charge < -0.3 is 48.3 Å². The van der Waals surface area contributed by atoms with Gasteiger partial charge in [0.25, 0.3) is 5.91 Å². The number of guanidine groups is 1. The van der Waals surface area contributed by atoms with Gasteiger partial charge in [0.2, 0.25) is 11.8 Å². The van der Waals surface area contributed by atoms with Crippen LogP contribution in [0.15, 0.2) is 103 Å². The quantitative estimate of drug-likeness (QED) is 0.0183. The summed E-state index contributed by atoms with van der Waals surface area (Å²) in [6.45, 7) is 8.95. The third-order valence-electron chi connectivity index (χ3n) is 11.6. The molecule has 0 spiro atoms. The van der Waals surface area contributed by atoms with Gasteiger partial charge in [-0.05, 0) is 96.1 Å². The highest BCUT2D eigenvalue weighted by molar-refractivity contribution is 7.59. The van der Waals surface area contributed by atoms with E-state index in [4.69, 9.17) is 31.4 Å². The molecule has 0 saturated heterocycles. The highest BCUT2D eigenvalue weighted by Crippen LogP contribution is 2.45. The van der Waals surface area contributed by atoms with Crippen LogP contribution in [0.4, 0.5) is 0 Å². The number of nitrogens with two attached hydrogens (primary N) is 3. The Morgan fingerprint density at radius 3 is 1.74 bits per heavy atom. The monoisotopic (exact) mass is 1070 g/mol. The molecule has 72 heavy (non-hydrogen) atoms. The van der Waals surface area contributed by atoms with Crippen LogP contribution in [0.3, 0.4) is 0 Å². The van der Waals surface area contributed by atoms with Crippen molar-refractivity contribution in [3.8, 4) is 22.6 Å². The minimum atomic E-state index is -1.09. The first-order chi connectivity index (χ1) is 31.9. The maximum atomic E-state index is 14.2. The number of hydrogen-bond donors (Lipinski definition) is 7. The SMILES string of the molecule is C.C.CCC(C)[C@H](NC(=O)[C@@H](CCC[NH+]=C(N)N)NC(=O)[C@@H](CCCCN)NC(=O)COc1ccc2ccccc2c1-c1c(OCCC(C)C)ccc2ccccc12)C(=O)OCc1ccccc1.Cl.S.S.[Cl-]. The summed E-state index contributed by atoms with van der Waals surface area (Å²) in [5, 5.41) is 12.5. The minimum absolute atomic E-state index is 0. The third kappa shape index (κ3) is 20.6. The molecule has 0 aromatic heterocycles. The molecule has 0 aliphatic rings. The van der Waals surface area contributed by atoms with Crippen LogP contribution in [0.25, 0.3) is 32.7 Å². The standard InChI is InChI=1S/C52H67N7O7.2CH4.2ClH.2H2S/c1-5-35(4)48(51(63)66-32-36-16-7-6-8-17-36)59-50(62)42(23-15-30-56-52(54)55)58-49(61)41(22-13-14-29-53)57-45(60)33-65-44-27-25-38-19-10-12-21-40(38)47(44)46-39-20-11-9-18-37(39)24-26-43(46)64-31-28-34(2)3;;;;;;/h6-12,16-21,24-27,34-35,41-42,48H,5,13-15,22-23,28-33,53H2,1-4H3,(H,57,60)(H,58,61)(H,59,62)(H4,54,55,56);2*1H4;2*1H;2*1H2/t35?,41-,42-,48+;;;;;;/m1....../s1. The predicted molar refractivity (Wildman–Crippen MR) is 302 cm³/mol. The first kappa shape index (κ1) is 68.7. The molecule has 0 aliphatic carbocycles. The van der Waals surface area contributed by atoms with E-state index in [9.17, 15) is 19.2 Å². The van der Waals surface area contributed by atoms with E-state index < -0.39 is 48.4 Å². The summed E-state index contributed by atoms with van der Waals surface area (Å²) in [7, 11) is 0. The van der Waals surface area contributed by atoms with Gasteiger partial charge in [-0.1, -0.05) is 140 Å². The fourth-order valence-electron chi connectivity index (χ4n) is 7.63. The van der Waals surface area contributed by atoms with Gasteiger partial charge in [0.1, 0.15) is 36.2 Å². The molecule has 3 amide bonds. The molecule has 0 saturated carbocycles. The summed E-state index contributed by atoms with van der Waals surface area (Å²) >= 11 is 0. The number of ether oxygens (including phenoxy) is 3. The van der Waals surface area contributed by atoms with Gasteiger partial charge in [-0.15, -0.1) is 12.4 Å². The number of esters is 1. The Hall–Kier alpha value is -5.39. The summed E-state index contributed by atoms with van der Waals surface area (Å²) in [5.74, 6) is -0.906. The Labute approximate surface area is 453 Å². The van der Waals surface area contributed by atoms with E-state index in [0.29, 0.717) is 62.8 Å². The first-order valence-corrected chi connectivity index (χ1v) is 23.1. The van der Waals surface area contributed by atoms with Gasteiger partial charge in [-0.2, -0.15) is 27.0 Å². The van der Waals surface area contributed by atoms with E-state index >= 15 is 0 Å². The molecule has 14 nitrogen and oxygen atoms in total. The Bertz CT molecular complexity index is 2430. The van der Waals surface area contributed by atoms with Gasteiger partial charge in [-0.25, -0.2) is 4.79 Å². The average Bonchev–Trinajstić information content (AvgIpc) is 3.32. The van der Waals surface area contributed by atoms with Crippen LogP contribution in [-0.2, 0) is 30.5 Å². The molecule has 18 heteroatoms. The van der Waals surface area contributed by atoms with Gasteiger partial charge in [0, 0.05) is 11.1 Å². The van der Waals surface area contributed by atoms with Gasteiger partial charge in [0.15, 0.2) is 6.61 Å². The number of amides is 3. The van der Waals surface area contributed by atoms with Crippen LogP contribution in [0.5, 0.6) is 11.5 Å². The van der Waals surface area contributed by atoms with Gasteiger partial charge in [0.05, 0.1) is 13.2 Å². The van der Waals surface area contributed by atoms with Gasteiger partial charge >= 0.3 is 11.9 Å². The van der Waals surface area contributed by atoms with E-state index in [-0.39, 0.29) is 98.0 Å². The fraction of sp³-hybridized carbons (Fsp3) is 0.426. The molecule has 5 aromatic carbocycles.